The van der Waals surface area contributed by atoms with Crippen molar-refractivity contribution < 1.29 is 27.9 Å². The van der Waals surface area contributed by atoms with Crippen molar-refractivity contribution in [1.82, 2.24) is 5.32 Å². The highest BCUT2D eigenvalue weighted by molar-refractivity contribution is 7.93. The fourth-order valence-electron chi connectivity index (χ4n) is 2.73. The molecule has 25 heavy (non-hydrogen) atoms. The first kappa shape index (κ1) is 19.4. The normalized spacial score (nSPS) is 17.0. The van der Waals surface area contributed by atoms with E-state index in [2.05, 4.69) is 5.32 Å². The second-order valence-electron chi connectivity index (χ2n) is 6.09. The van der Waals surface area contributed by atoms with Gasteiger partial charge in [0.25, 0.3) is 0 Å². The molecule has 7 nitrogen and oxygen atoms in total. The van der Waals surface area contributed by atoms with Crippen molar-refractivity contribution in [3.05, 3.63) is 35.4 Å². The van der Waals surface area contributed by atoms with E-state index in [1.807, 2.05) is 0 Å². The van der Waals surface area contributed by atoms with E-state index in [4.69, 9.17) is 9.84 Å². The van der Waals surface area contributed by atoms with Crippen LogP contribution in [0.25, 0.3) is 0 Å². The summed E-state index contributed by atoms with van der Waals surface area (Å²) < 4.78 is 30.1. The first-order chi connectivity index (χ1) is 11.8. The van der Waals surface area contributed by atoms with Crippen molar-refractivity contribution in [3.63, 3.8) is 0 Å². The molecular weight excluding hydrogens is 346 g/mol. The Morgan fingerprint density at radius 1 is 1.24 bits per heavy atom. The topological polar surface area (TPSA) is 110 Å². The van der Waals surface area contributed by atoms with Crippen molar-refractivity contribution in [1.29, 1.82) is 0 Å². The zero-order valence-electron chi connectivity index (χ0n) is 14.1. The molecule has 1 aromatic carbocycles. The maximum atomic E-state index is 12.5. The van der Waals surface area contributed by atoms with E-state index in [-0.39, 0.29) is 5.56 Å². The zero-order valence-corrected chi connectivity index (χ0v) is 14.9. The summed E-state index contributed by atoms with van der Waals surface area (Å²) in [6, 6.07) is 6.35. The number of hydrogen-bond donors (Lipinski definition) is 2. The van der Waals surface area contributed by atoms with Crippen LogP contribution in [0.3, 0.4) is 0 Å². The highest BCUT2D eigenvalue weighted by atomic mass is 32.2. The number of hydrogen-bond acceptors (Lipinski definition) is 5. The molecule has 1 fully saturated rings. The number of ether oxygens (including phenoxy) is 1. The van der Waals surface area contributed by atoms with E-state index in [1.54, 1.807) is 12.1 Å². The zero-order chi connectivity index (χ0) is 18.4. The average Bonchev–Trinajstić information content (AvgIpc) is 2.62. The van der Waals surface area contributed by atoms with E-state index in [1.165, 1.54) is 19.1 Å². The minimum absolute atomic E-state index is 0.198. The van der Waals surface area contributed by atoms with Gasteiger partial charge in [-0.15, -0.1) is 0 Å². The molecule has 0 spiro atoms. The number of carbonyl (C=O) groups is 2. The summed E-state index contributed by atoms with van der Waals surface area (Å²) in [5.41, 5.74) is 1.06. The van der Waals surface area contributed by atoms with Crippen LogP contribution in [-0.4, -0.2) is 55.7 Å². The summed E-state index contributed by atoms with van der Waals surface area (Å²) in [7, 11) is -3.53. The minimum atomic E-state index is -3.53. The van der Waals surface area contributed by atoms with Gasteiger partial charge in [0, 0.05) is 19.8 Å². The van der Waals surface area contributed by atoms with Gasteiger partial charge in [0.15, 0.2) is 9.84 Å². The molecule has 138 valence electrons. The van der Waals surface area contributed by atoms with Crippen molar-refractivity contribution in [3.8, 4) is 0 Å². The molecule has 0 bridgehead atoms. The van der Waals surface area contributed by atoms with Gasteiger partial charge in [-0.25, -0.2) is 13.2 Å². The minimum Gasteiger partial charge on any atom is -0.478 e. The fourth-order valence-corrected chi connectivity index (χ4v) is 4.54. The number of carboxylic acid groups (broad SMARTS) is 1. The predicted molar refractivity (Wildman–Crippen MR) is 92.3 cm³/mol. The fraction of sp³-hybridized carbons (Fsp3) is 0.529. The van der Waals surface area contributed by atoms with Crippen molar-refractivity contribution in [2.24, 2.45) is 0 Å². The van der Waals surface area contributed by atoms with Gasteiger partial charge in [0.1, 0.15) is 5.25 Å². The lowest BCUT2D eigenvalue weighted by Gasteiger charge is -2.25. The van der Waals surface area contributed by atoms with Crippen LogP contribution in [0.5, 0.6) is 0 Å². The van der Waals surface area contributed by atoms with Crippen LogP contribution in [0, 0.1) is 0 Å². The van der Waals surface area contributed by atoms with Gasteiger partial charge in [-0.05, 0) is 43.9 Å². The van der Waals surface area contributed by atoms with Crippen molar-refractivity contribution in [2.75, 3.05) is 19.8 Å². The van der Waals surface area contributed by atoms with Crippen LogP contribution in [-0.2, 0) is 25.8 Å². The lowest BCUT2D eigenvalue weighted by Crippen LogP contribution is -2.44. The molecule has 1 aliphatic heterocycles. The molecular formula is C17H23NO6S. The summed E-state index contributed by atoms with van der Waals surface area (Å²) in [5.74, 6) is -1.50. The molecule has 1 aromatic rings. The Bertz CT molecular complexity index is 707. The highest BCUT2D eigenvalue weighted by Gasteiger charge is 2.36. The SMILES string of the molecule is CC(C(=O)NCCc1ccc(C(=O)O)cc1)S(=O)(=O)C1CCOCC1. The standard InChI is InChI=1S/C17H23NO6S/c1-12(25(22,23)15-7-10-24-11-8-15)16(19)18-9-6-13-2-4-14(5-3-13)17(20)21/h2-5,12,15H,6-11H2,1H3,(H,18,19)(H,20,21). The van der Waals surface area contributed by atoms with Gasteiger partial charge in [-0.2, -0.15) is 0 Å². The first-order valence-corrected chi connectivity index (χ1v) is 9.83. The van der Waals surface area contributed by atoms with Gasteiger partial charge < -0.3 is 15.2 Å². The molecule has 0 saturated carbocycles. The third-order valence-corrected chi connectivity index (χ3v) is 7.01. The second-order valence-corrected chi connectivity index (χ2v) is 8.64. The number of aromatic carboxylic acids is 1. The summed E-state index contributed by atoms with van der Waals surface area (Å²) >= 11 is 0. The highest BCUT2D eigenvalue weighted by Crippen LogP contribution is 2.20. The van der Waals surface area contributed by atoms with Crippen LogP contribution in [0.15, 0.2) is 24.3 Å². The quantitative estimate of drug-likeness (QED) is 0.743. The number of carboxylic acids is 1. The Kier molecular flexibility index (Phi) is 6.55. The Hall–Kier alpha value is -1.93. The van der Waals surface area contributed by atoms with E-state index in [0.29, 0.717) is 39.0 Å². The lowest BCUT2D eigenvalue weighted by molar-refractivity contribution is -0.120. The van der Waals surface area contributed by atoms with Crippen LogP contribution < -0.4 is 5.32 Å². The summed E-state index contributed by atoms with van der Waals surface area (Å²) in [6.07, 6.45) is 1.35. The van der Waals surface area contributed by atoms with E-state index in [0.717, 1.165) is 5.56 Å². The third-order valence-electron chi connectivity index (χ3n) is 4.41. The van der Waals surface area contributed by atoms with Crippen LogP contribution in [0.1, 0.15) is 35.7 Å². The molecule has 0 aromatic heterocycles. The van der Waals surface area contributed by atoms with E-state index in [9.17, 15) is 18.0 Å². The van der Waals surface area contributed by atoms with Crippen molar-refractivity contribution in [2.45, 2.75) is 36.7 Å². The predicted octanol–water partition coefficient (Wildman–Crippen LogP) is 1.03. The summed E-state index contributed by atoms with van der Waals surface area (Å²) in [6.45, 7) is 2.52. The van der Waals surface area contributed by atoms with Gasteiger partial charge in [0.2, 0.25) is 5.91 Å². The molecule has 2 rings (SSSR count). The van der Waals surface area contributed by atoms with Crippen LogP contribution in [0.4, 0.5) is 0 Å². The monoisotopic (exact) mass is 369 g/mol. The Morgan fingerprint density at radius 3 is 2.40 bits per heavy atom. The van der Waals surface area contributed by atoms with Gasteiger partial charge in [-0.3, -0.25) is 4.79 Å². The van der Waals surface area contributed by atoms with Gasteiger partial charge >= 0.3 is 5.97 Å². The maximum absolute atomic E-state index is 12.5. The maximum Gasteiger partial charge on any atom is 0.335 e. The van der Waals surface area contributed by atoms with Crippen LogP contribution >= 0.6 is 0 Å². The summed E-state index contributed by atoms with van der Waals surface area (Å²) in [4.78, 5) is 23.0. The number of benzene rings is 1. The lowest BCUT2D eigenvalue weighted by atomic mass is 10.1. The molecule has 1 aliphatic rings. The molecule has 8 heteroatoms. The smallest absolute Gasteiger partial charge is 0.335 e. The summed E-state index contributed by atoms with van der Waals surface area (Å²) in [5, 5.41) is 9.88. The third kappa shape index (κ3) is 5.02. The number of rotatable bonds is 7. The number of carbonyl (C=O) groups excluding carboxylic acids is 1. The molecule has 2 N–H and O–H groups in total. The number of nitrogens with one attached hydrogen (secondary N) is 1. The Morgan fingerprint density at radius 2 is 1.84 bits per heavy atom. The average molecular weight is 369 g/mol. The largest absolute Gasteiger partial charge is 0.478 e. The first-order valence-electron chi connectivity index (χ1n) is 8.22. The number of amides is 1. The Labute approximate surface area is 147 Å². The van der Waals surface area contributed by atoms with E-state index < -0.39 is 32.2 Å². The molecule has 1 saturated heterocycles. The molecule has 0 aliphatic carbocycles. The van der Waals surface area contributed by atoms with Gasteiger partial charge in [0.05, 0.1) is 10.8 Å². The molecule has 0 radical (unpaired) electrons. The van der Waals surface area contributed by atoms with Crippen molar-refractivity contribution >= 4 is 21.7 Å². The second kappa shape index (κ2) is 8.44. The van der Waals surface area contributed by atoms with Gasteiger partial charge in [-0.1, -0.05) is 12.1 Å². The molecule has 1 amide bonds. The molecule has 1 unspecified atom stereocenters. The van der Waals surface area contributed by atoms with Crippen LogP contribution in [0.2, 0.25) is 0 Å². The van der Waals surface area contributed by atoms with E-state index >= 15 is 0 Å². The molecule has 1 heterocycles. The Balaban J connectivity index is 1.85. The number of sulfone groups is 1. The molecule has 1 atom stereocenters.